The molecule has 2 aliphatic rings. The number of aryl methyl sites for hydroxylation is 1. The lowest BCUT2D eigenvalue weighted by Gasteiger charge is -2.32. The van der Waals surface area contributed by atoms with Crippen LogP contribution in [0.15, 0.2) is 53.3 Å². The minimum Gasteiger partial charge on any atom is -0.486 e. The third-order valence-electron chi connectivity index (χ3n) is 7.39. The summed E-state index contributed by atoms with van der Waals surface area (Å²) in [5.74, 6) is 1.46. The molecule has 0 spiro atoms. The quantitative estimate of drug-likeness (QED) is 0.448. The van der Waals surface area contributed by atoms with Crippen LogP contribution in [0.25, 0.3) is 17.0 Å². The fourth-order valence-corrected chi connectivity index (χ4v) is 5.20. The number of benzene rings is 2. The second kappa shape index (κ2) is 11.8. The van der Waals surface area contributed by atoms with Crippen LogP contribution in [-0.4, -0.2) is 61.3 Å². The van der Waals surface area contributed by atoms with Crippen molar-refractivity contribution < 1.29 is 14.3 Å². The molecule has 3 heterocycles. The van der Waals surface area contributed by atoms with Crippen LogP contribution in [0.2, 0.25) is 0 Å². The van der Waals surface area contributed by atoms with E-state index in [-0.39, 0.29) is 11.5 Å². The van der Waals surface area contributed by atoms with E-state index < -0.39 is 0 Å². The highest BCUT2D eigenvalue weighted by Crippen LogP contribution is 2.30. The molecule has 38 heavy (non-hydrogen) atoms. The molecule has 200 valence electrons. The van der Waals surface area contributed by atoms with E-state index in [2.05, 4.69) is 33.7 Å². The summed E-state index contributed by atoms with van der Waals surface area (Å²) in [5.41, 5.74) is 3.92. The monoisotopic (exact) mass is 516 g/mol. The van der Waals surface area contributed by atoms with E-state index in [1.54, 1.807) is 19.2 Å². The van der Waals surface area contributed by atoms with Crippen molar-refractivity contribution in [3.8, 4) is 11.5 Å². The maximum atomic E-state index is 13.1. The van der Waals surface area contributed by atoms with Gasteiger partial charge in [0.15, 0.2) is 11.5 Å². The lowest BCUT2D eigenvalue weighted by molar-refractivity contribution is -0.115. The fourth-order valence-electron chi connectivity index (χ4n) is 5.20. The molecular weight excluding hydrogens is 480 g/mol. The van der Waals surface area contributed by atoms with Crippen molar-refractivity contribution in [1.82, 2.24) is 20.1 Å². The van der Waals surface area contributed by atoms with Crippen molar-refractivity contribution in [3.05, 3.63) is 75.6 Å². The maximum Gasteiger partial charge on any atom is 0.251 e. The van der Waals surface area contributed by atoms with Gasteiger partial charge < -0.3 is 29.6 Å². The van der Waals surface area contributed by atoms with Gasteiger partial charge in [-0.3, -0.25) is 9.59 Å². The van der Waals surface area contributed by atoms with E-state index in [9.17, 15) is 9.59 Å². The Labute approximate surface area is 223 Å². The zero-order valence-electron chi connectivity index (χ0n) is 22.2. The van der Waals surface area contributed by atoms with E-state index in [0.717, 1.165) is 72.5 Å². The number of aromatic nitrogens is 1. The van der Waals surface area contributed by atoms with Crippen molar-refractivity contribution in [2.45, 2.75) is 38.9 Å². The summed E-state index contributed by atoms with van der Waals surface area (Å²) in [4.78, 5) is 27.2. The van der Waals surface area contributed by atoms with Gasteiger partial charge in [0.05, 0.1) is 5.52 Å². The topological polar surface area (TPSA) is 84.8 Å². The molecule has 1 aromatic heterocycles. The second-order valence-electron chi connectivity index (χ2n) is 10.0. The molecule has 8 heteroatoms. The summed E-state index contributed by atoms with van der Waals surface area (Å²) in [5, 5.41) is 7.24. The highest BCUT2D eigenvalue weighted by atomic mass is 16.6. The smallest absolute Gasteiger partial charge is 0.251 e. The Bertz CT molecular complexity index is 1390. The Morgan fingerprint density at radius 2 is 1.82 bits per heavy atom. The van der Waals surface area contributed by atoms with Crippen LogP contribution in [0.5, 0.6) is 11.5 Å². The van der Waals surface area contributed by atoms with E-state index in [4.69, 9.17) is 9.47 Å². The largest absolute Gasteiger partial charge is 0.486 e. The van der Waals surface area contributed by atoms with Gasteiger partial charge in [0.25, 0.3) is 5.56 Å². The molecule has 0 atom stereocenters. The van der Waals surface area contributed by atoms with Crippen molar-refractivity contribution >= 4 is 22.9 Å². The standard InChI is InChI=1S/C30H36N4O4/c1-21-3-6-25-23(5-8-29(35)31-2)19-30(36)34(26(25)17-21)14-13-33-11-9-24(10-12-33)32-20-22-4-7-27-28(18-22)38-16-15-37-27/h3-8,17-19,24,32H,9-16,20H2,1-2H3,(H,31,35)/b8-5+. The first-order valence-electron chi connectivity index (χ1n) is 13.4. The third kappa shape index (κ3) is 6.09. The SMILES string of the molecule is CNC(=O)/C=C/c1cc(=O)n(CCN2CCC(NCc3ccc4c(c3)OCCO4)CC2)c2cc(C)ccc12. The van der Waals surface area contributed by atoms with Crippen LogP contribution in [0.4, 0.5) is 0 Å². The number of carbonyl (C=O) groups excluding carboxylic acids is 1. The molecule has 2 aliphatic heterocycles. The number of likely N-dealkylation sites (N-methyl/N-ethyl adjacent to an activating group) is 1. The van der Waals surface area contributed by atoms with Crippen molar-refractivity contribution in [3.63, 3.8) is 0 Å². The molecule has 8 nitrogen and oxygen atoms in total. The molecule has 1 amide bonds. The molecule has 1 saturated heterocycles. The molecule has 3 aromatic rings. The summed E-state index contributed by atoms with van der Waals surface area (Å²) >= 11 is 0. The Morgan fingerprint density at radius 1 is 1.03 bits per heavy atom. The Kier molecular flexibility index (Phi) is 8.10. The van der Waals surface area contributed by atoms with Gasteiger partial charge in [0.1, 0.15) is 13.2 Å². The van der Waals surface area contributed by atoms with E-state index >= 15 is 0 Å². The molecule has 0 aliphatic carbocycles. The molecule has 2 N–H and O–H groups in total. The average Bonchev–Trinajstić information content (AvgIpc) is 2.94. The van der Waals surface area contributed by atoms with Crippen molar-refractivity contribution in [2.75, 3.05) is 39.9 Å². The average molecular weight is 517 g/mol. The third-order valence-corrected chi connectivity index (χ3v) is 7.39. The number of nitrogens with one attached hydrogen (secondary N) is 2. The fraction of sp³-hybridized carbons (Fsp3) is 0.400. The number of ether oxygens (including phenoxy) is 2. The number of likely N-dealkylation sites (tertiary alicyclic amines) is 1. The highest BCUT2D eigenvalue weighted by Gasteiger charge is 2.20. The zero-order valence-corrected chi connectivity index (χ0v) is 22.2. The molecular formula is C30H36N4O4. The van der Waals surface area contributed by atoms with Gasteiger partial charge in [-0.05, 0) is 73.8 Å². The van der Waals surface area contributed by atoms with Crippen LogP contribution in [0, 0.1) is 6.92 Å². The molecule has 0 radical (unpaired) electrons. The van der Waals surface area contributed by atoms with Gasteiger partial charge in [-0.2, -0.15) is 0 Å². The van der Waals surface area contributed by atoms with E-state index in [1.807, 2.05) is 29.7 Å². The van der Waals surface area contributed by atoms with Crippen molar-refractivity contribution in [2.24, 2.45) is 0 Å². The first kappa shape index (κ1) is 26.0. The minimum absolute atomic E-state index is 0.0457. The number of hydrogen-bond donors (Lipinski definition) is 2. The van der Waals surface area contributed by atoms with Crippen LogP contribution >= 0.6 is 0 Å². The Hall–Kier alpha value is -3.62. The Balaban J connectivity index is 1.18. The summed E-state index contributed by atoms with van der Waals surface area (Å²) in [6.07, 6.45) is 5.32. The lowest BCUT2D eigenvalue weighted by Crippen LogP contribution is -2.43. The lowest BCUT2D eigenvalue weighted by atomic mass is 10.0. The van der Waals surface area contributed by atoms with Gasteiger partial charge in [0, 0.05) is 50.3 Å². The molecule has 0 saturated carbocycles. The van der Waals surface area contributed by atoms with Crippen LogP contribution < -0.4 is 25.7 Å². The molecule has 1 fully saturated rings. The summed E-state index contributed by atoms with van der Waals surface area (Å²) in [7, 11) is 1.59. The zero-order chi connectivity index (χ0) is 26.5. The van der Waals surface area contributed by atoms with E-state index in [0.29, 0.717) is 25.8 Å². The first-order valence-corrected chi connectivity index (χ1v) is 13.4. The first-order chi connectivity index (χ1) is 18.5. The van der Waals surface area contributed by atoms with Gasteiger partial charge >= 0.3 is 0 Å². The summed E-state index contributed by atoms with van der Waals surface area (Å²) < 4.78 is 13.2. The maximum absolute atomic E-state index is 13.1. The molecule has 0 bridgehead atoms. The molecule has 2 aromatic carbocycles. The number of nitrogens with zero attached hydrogens (tertiary/aromatic N) is 2. The number of amides is 1. The predicted octanol–water partition coefficient (Wildman–Crippen LogP) is 3.09. The normalized spacial score (nSPS) is 16.3. The molecule has 5 rings (SSSR count). The molecule has 0 unspecified atom stereocenters. The Morgan fingerprint density at radius 3 is 2.61 bits per heavy atom. The number of hydrogen-bond acceptors (Lipinski definition) is 6. The van der Waals surface area contributed by atoms with Crippen LogP contribution in [-0.2, 0) is 17.9 Å². The number of rotatable bonds is 8. The highest BCUT2D eigenvalue weighted by molar-refractivity contribution is 5.95. The van der Waals surface area contributed by atoms with Crippen LogP contribution in [0.1, 0.15) is 29.5 Å². The predicted molar refractivity (Wildman–Crippen MR) is 150 cm³/mol. The number of piperidine rings is 1. The van der Waals surface area contributed by atoms with E-state index in [1.165, 1.54) is 11.6 Å². The van der Waals surface area contributed by atoms with Crippen LogP contribution in [0.3, 0.4) is 0 Å². The minimum atomic E-state index is -0.196. The number of pyridine rings is 1. The van der Waals surface area contributed by atoms with Crippen molar-refractivity contribution in [1.29, 1.82) is 0 Å². The number of carbonyl (C=O) groups is 1. The van der Waals surface area contributed by atoms with Gasteiger partial charge in [-0.15, -0.1) is 0 Å². The summed E-state index contributed by atoms with van der Waals surface area (Å²) in [6.45, 7) is 7.50. The summed E-state index contributed by atoms with van der Waals surface area (Å²) in [6, 6.07) is 14.4. The van der Waals surface area contributed by atoms with Gasteiger partial charge in [0.2, 0.25) is 5.91 Å². The van der Waals surface area contributed by atoms with Gasteiger partial charge in [-0.1, -0.05) is 18.2 Å². The second-order valence-corrected chi connectivity index (χ2v) is 10.0. The number of fused-ring (bicyclic) bond motifs is 2. The van der Waals surface area contributed by atoms with Gasteiger partial charge in [-0.25, -0.2) is 0 Å².